The predicted molar refractivity (Wildman–Crippen MR) is 106 cm³/mol. The maximum atomic E-state index is 12.4. The number of hydrogen-bond donors (Lipinski definition) is 1. The zero-order valence-corrected chi connectivity index (χ0v) is 16.5. The Morgan fingerprint density at radius 2 is 2.19 bits per heavy atom. The molecule has 0 unspecified atom stereocenters. The number of carbonyl (C=O) groups is 1. The number of nitrogens with zero attached hydrogens (tertiary/aromatic N) is 3. The van der Waals surface area contributed by atoms with Crippen molar-refractivity contribution < 1.29 is 9.53 Å². The van der Waals surface area contributed by atoms with Crippen LogP contribution in [0.2, 0.25) is 0 Å². The van der Waals surface area contributed by atoms with Crippen LogP contribution in [0.4, 0.5) is 5.69 Å². The molecule has 1 aromatic carbocycles. The number of carbonyl (C=O) groups excluding carboxylic acids is 1. The van der Waals surface area contributed by atoms with Crippen LogP contribution in [0.15, 0.2) is 40.9 Å². The number of anilines is 1. The summed E-state index contributed by atoms with van der Waals surface area (Å²) in [5.41, 5.74) is 1.73. The van der Waals surface area contributed by atoms with Crippen molar-refractivity contribution in [1.29, 1.82) is 0 Å². The number of aromatic nitrogens is 3. The summed E-state index contributed by atoms with van der Waals surface area (Å²) in [6.45, 7) is 4.76. The van der Waals surface area contributed by atoms with Crippen LogP contribution in [0.1, 0.15) is 12.5 Å². The Balaban J connectivity index is 1.68. The number of thioether (sulfide) groups is 1. The number of rotatable bonds is 7. The zero-order chi connectivity index (χ0) is 18.5. The highest BCUT2D eigenvalue weighted by molar-refractivity contribution is 7.99. The summed E-state index contributed by atoms with van der Waals surface area (Å²) in [7, 11) is 1.59. The Morgan fingerprint density at radius 1 is 1.35 bits per heavy atom. The van der Waals surface area contributed by atoms with Gasteiger partial charge in [-0.05, 0) is 43.0 Å². The molecular formula is C18H20N4O2S2. The van der Waals surface area contributed by atoms with Gasteiger partial charge < -0.3 is 14.6 Å². The summed E-state index contributed by atoms with van der Waals surface area (Å²) in [5, 5.41) is 14.2. The van der Waals surface area contributed by atoms with Crippen molar-refractivity contribution in [1.82, 2.24) is 14.8 Å². The highest BCUT2D eigenvalue weighted by Crippen LogP contribution is 2.28. The van der Waals surface area contributed by atoms with Crippen LogP contribution >= 0.6 is 23.1 Å². The molecule has 2 aromatic heterocycles. The van der Waals surface area contributed by atoms with E-state index in [0.29, 0.717) is 11.4 Å². The maximum absolute atomic E-state index is 12.4. The molecule has 6 nitrogen and oxygen atoms in total. The topological polar surface area (TPSA) is 69.0 Å². The fourth-order valence-corrected chi connectivity index (χ4v) is 4.02. The van der Waals surface area contributed by atoms with Gasteiger partial charge in [-0.2, -0.15) is 0 Å². The molecule has 0 atom stereocenters. The Morgan fingerprint density at radius 3 is 2.88 bits per heavy atom. The fraction of sp³-hybridized carbons (Fsp3) is 0.278. The molecule has 0 saturated heterocycles. The smallest absolute Gasteiger partial charge is 0.234 e. The molecule has 0 spiro atoms. The lowest BCUT2D eigenvalue weighted by Crippen LogP contribution is -2.15. The van der Waals surface area contributed by atoms with E-state index in [1.165, 1.54) is 11.8 Å². The third-order valence-corrected chi connectivity index (χ3v) is 5.57. The van der Waals surface area contributed by atoms with Crippen LogP contribution in [0.5, 0.6) is 5.75 Å². The number of benzene rings is 1. The minimum absolute atomic E-state index is 0.109. The van der Waals surface area contributed by atoms with Crippen molar-refractivity contribution in [2.75, 3.05) is 18.2 Å². The van der Waals surface area contributed by atoms with Gasteiger partial charge in [0.05, 0.1) is 23.4 Å². The first-order chi connectivity index (χ1) is 12.6. The van der Waals surface area contributed by atoms with Crippen LogP contribution in [-0.4, -0.2) is 33.5 Å². The normalized spacial score (nSPS) is 10.7. The summed E-state index contributed by atoms with van der Waals surface area (Å²) in [4.78, 5) is 13.4. The quantitative estimate of drug-likeness (QED) is 0.618. The van der Waals surface area contributed by atoms with E-state index >= 15 is 0 Å². The molecule has 136 valence electrons. The Bertz CT molecular complexity index is 891. The van der Waals surface area contributed by atoms with Gasteiger partial charge in [-0.3, -0.25) is 4.79 Å². The van der Waals surface area contributed by atoms with Gasteiger partial charge in [0.1, 0.15) is 5.75 Å². The van der Waals surface area contributed by atoms with E-state index in [2.05, 4.69) is 15.5 Å². The fourth-order valence-electron chi connectivity index (χ4n) is 2.50. The van der Waals surface area contributed by atoms with Gasteiger partial charge >= 0.3 is 0 Å². The molecule has 0 radical (unpaired) electrons. The lowest BCUT2D eigenvalue weighted by atomic mass is 10.2. The number of thiophene rings is 1. The van der Waals surface area contributed by atoms with E-state index in [0.717, 1.165) is 28.0 Å². The van der Waals surface area contributed by atoms with Crippen molar-refractivity contribution in [3.05, 3.63) is 41.3 Å². The minimum atomic E-state index is -0.109. The minimum Gasteiger partial charge on any atom is -0.495 e. The molecule has 1 amide bonds. The lowest BCUT2D eigenvalue weighted by molar-refractivity contribution is -0.113. The molecule has 8 heteroatoms. The molecule has 0 saturated carbocycles. The zero-order valence-electron chi connectivity index (χ0n) is 14.9. The highest BCUT2D eigenvalue weighted by atomic mass is 32.2. The van der Waals surface area contributed by atoms with E-state index in [1.807, 2.05) is 54.1 Å². The van der Waals surface area contributed by atoms with E-state index in [-0.39, 0.29) is 11.7 Å². The lowest BCUT2D eigenvalue weighted by Gasteiger charge is -2.11. The van der Waals surface area contributed by atoms with Crippen LogP contribution in [-0.2, 0) is 11.3 Å². The summed E-state index contributed by atoms with van der Waals surface area (Å²) < 4.78 is 7.32. The number of aryl methyl sites for hydroxylation is 1. The first-order valence-electron chi connectivity index (χ1n) is 8.16. The summed E-state index contributed by atoms with van der Waals surface area (Å²) >= 11 is 3.00. The van der Waals surface area contributed by atoms with Crippen molar-refractivity contribution in [3.63, 3.8) is 0 Å². The van der Waals surface area contributed by atoms with Crippen LogP contribution in [0, 0.1) is 6.92 Å². The van der Waals surface area contributed by atoms with Gasteiger partial charge in [0.25, 0.3) is 0 Å². The Kier molecular flexibility index (Phi) is 5.95. The van der Waals surface area contributed by atoms with Gasteiger partial charge in [0, 0.05) is 6.54 Å². The Labute approximate surface area is 160 Å². The van der Waals surface area contributed by atoms with Crippen LogP contribution in [0.3, 0.4) is 0 Å². The second-order valence-corrected chi connectivity index (χ2v) is 7.46. The monoisotopic (exact) mass is 388 g/mol. The second kappa shape index (κ2) is 8.37. The van der Waals surface area contributed by atoms with Crippen molar-refractivity contribution in [2.45, 2.75) is 25.5 Å². The number of hydrogen-bond acceptors (Lipinski definition) is 6. The van der Waals surface area contributed by atoms with E-state index < -0.39 is 0 Å². The number of ether oxygens (including phenoxy) is 1. The summed E-state index contributed by atoms with van der Waals surface area (Å²) in [5.74, 6) is 1.62. The number of methoxy groups -OCH3 is 1. The van der Waals surface area contributed by atoms with Crippen LogP contribution < -0.4 is 10.1 Å². The summed E-state index contributed by atoms with van der Waals surface area (Å²) in [6, 6.07) is 9.69. The molecule has 2 heterocycles. The average Bonchev–Trinajstić information content (AvgIpc) is 3.29. The largest absolute Gasteiger partial charge is 0.495 e. The van der Waals surface area contributed by atoms with Gasteiger partial charge in [0.15, 0.2) is 11.0 Å². The molecule has 0 aliphatic heterocycles. The molecule has 26 heavy (non-hydrogen) atoms. The number of amides is 1. The van der Waals surface area contributed by atoms with Crippen molar-refractivity contribution >= 4 is 34.7 Å². The molecule has 3 rings (SSSR count). The standard InChI is InChI=1S/C18H20N4O2S2/c1-4-22-17(15-6-5-9-25-15)20-21-18(22)26-11-16(23)19-13-10-12(2)7-8-14(13)24-3/h5-10H,4,11H2,1-3H3,(H,19,23). The van der Waals surface area contributed by atoms with Crippen molar-refractivity contribution in [2.24, 2.45) is 0 Å². The first kappa shape index (κ1) is 18.5. The van der Waals surface area contributed by atoms with Gasteiger partial charge in [-0.1, -0.05) is 23.9 Å². The van der Waals surface area contributed by atoms with Gasteiger partial charge in [0.2, 0.25) is 5.91 Å². The maximum Gasteiger partial charge on any atom is 0.234 e. The first-order valence-corrected chi connectivity index (χ1v) is 10.0. The Hall–Kier alpha value is -2.32. The molecule has 0 fully saturated rings. The molecule has 1 N–H and O–H groups in total. The molecule has 0 aliphatic rings. The molecule has 3 aromatic rings. The highest BCUT2D eigenvalue weighted by Gasteiger charge is 2.16. The summed E-state index contributed by atoms with van der Waals surface area (Å²) in [6.07, 6.45) is 0. The molecule has 0 aliphatic carbocycles. The van der Waals surface area contributed by atoms with Crippen LogP contribution in [0.25, 0.3) is 10.7 Å². The van der Waals surface area contributed by atoms with E-state index in [9.17, 15) is 4.79 Å². The molecular weight excluding hydrogens is 368 g/mol. The van der Waals surface area contributed by atoms with E-state index in [1.54, 1.807) is 18.4 Å². The third-order valence-electron chi connectivity index (χ3n) is 3.74. The third kappa shape index (κ3) is 4.08. The predicted octanol–water partition coefficient (Wildman–Crippen LogP) is 4.07. The SMILES string of the molecule is CCn1c(SCC(=O)Nc2cc(C)ccc2OC)nnc1-c1cccs1. The van der Waals surface area contributed by atoms with Gasteiger partial charge in [-0.15, -0.1) is 21.5 Å². The van der Waals surface area contributed by atoms with E-state index in [4.69, 9.17) is 4.74 Å². The average molecular weight is 389 g/mol. The number of nitrogens with one attached hydrogen (secondary N) is 1. The molecule has 0 bridgehead atoms. The van der Waals surface area contributed by atoms with Crippen molar-refractivity contribution in [3.8, 4) is 16.5 Å². The second-order valence-electron chi connectivity index (χ2n) is 5.57. The van der Waals surface area contributed by atoms with Gasteiger partial charge in [-0.25, -0.2) is 0 Å².